The summed E-state index contributed by atoms with van der Waals surface area (Å²) in [6, 6.07) is 0. The van der Waals surface area contributed by atoms with Gasteiger partial charge in [0.25, 0.3) is 0 Å². The van der Waals surface area contributed by atoms with Gasteiger partial charge >= 0.3 is 6.18 Å². The number of nitrogens with one attached hydrogen (secondary N) is 1. The molecule has 0 saturated heterocycles. The maximum absolute atomic E-state index is 12.2. The van der Waals surface area contributed by atoms with Crippen LogP contribution in [-0.4, -0.2) is 21.9 Å². The number of carbonyl (C=O) groups is 1. The third-order valence-corrected chi connectivity index (χ3v) is 3.70. The maximum atomic E-state index is 12.2. The summed E-state index contributed by atoms with van der Waals surface area (Å²) in [5.41, 5.74) is -0.267. The van der Waals surface area contributed by atoms with Gasteiger partial charge in [-0.1, -0.05) is 11.6 Å². The third kappa shape index (κ3) is 1.96. The van der Waals surface area contributed by atoms with Crippen molar-refractivity contribution in [1.82, 2.24) is 9.78 Å². The molecule has 2 saturated carbocycles. The summed E-state index contributed by atoms with van der Waals surface area (Å²) in [6.07, 6.45) is -1.59. The molecule has 1 aromatic rings. The molecule has 0 spiro atoms. The van der Waals surface area contributed by atoms with Crippen molar-refractivity contribution in [2.75, 3.05) is 5.32 Å². The molecule has 4 nitrogen and oxygen atoms in total. The van der Waals surface area contributed by atoms with Crippen LogP contribution < -0.4 is 5.32 Å². The van der Waals surface area contributed by atoms with E-state index in [9.17, 15) is 18.0 Å². The first-order valence-electron chi connectivity index (χ1n) is 5.41. The van der Waals surface area contributed by atoms with E-state index in [1.165, 1.54) is 0 Å². The van der Waals surface area contributed by atoms with Crippen molar-refractivity contribution in [2.24, 2.45) is 11.3 Å². The molecule has 1 amide bonds. The van der Waals surface area contributed by atoms with Crippen LogP contribution in [0.1, 0.15) is 12.8 Å². The van der Waals surface area contributed by atoms with Crippen LogP contribution in [0.2, 0.25) is 5.02 Å². The van der Waals surface area contributed by atoms with Crippen LogP contribution in [0.5, 0.6) is 0 Å². The Morgan fingerprint density at radius 3 is 2.72 bits per heavy atom. The van der Waals surface area contributed by atoms with E-state index in [1.54, 1.807) is 0 Å². The highest BCUT2D eigenvalue weighted by molar-refractivity contribution is 6.33. The average Bonchev–Trinajstić information content (AvgIpc) is 2.98. The molecule has 1 heterocycles. The molecule has 3 rings (SSSR count). The second kappa shape index (κ2) is 3.40. The molecule has 0 bridgehead atoms. The van der Waals surface area contributed by atoms with Crippen molar-refractivity contribution in [3.8, 4) is 0 Å². The van der Waals surface area contributed by atoms with Gasteiger partial charge in [-0.3, -0.25) is 9.48 Å². The molecule has 1 N–H and O–H groups in total. The van der Waals surface area contributed by atoms with Crippen molar-refractivity contribution in [1.29, 1.82) is 0 Å². The minimum atomic E-state index is -4.37. The Kier molecular flexibility index (Phi) is 2.24. The summed E-state index contributed by atoms with van der Waals surface area (Å²) >= 11 is 5.74. The van der Waals surface area contributed by atoms with Gasteiger partial charge in [-0.25, -0.2) is 0 Å². The second-order valence-corrected chi connectivity index (χ2v) is 5.26. The SMILES string of the molecule is O=C(Nc1nn(CC(F)(F)F)cc1Cl)C12CC1C2. The van der Waals surface area contributed by atoms with Crippen molar-refractivity contribution in [3.05, 3.63) is 11.2 Å². The molecular weight excluding hydrogens is 271 g/mol. The van der Waals surface area contributed by atoms with Crippen molar-refractivity contribution in [2.45, 2.75) is 25.6 Å². The zero-order valence-corrected chi connectivity index (χ0v) is 9.85. The predicted octanol–water partition coefficient (Wildman–Crippen LogP) is 2.45. The van der Waals surface area contributed by atoms with E-state index >= 15 is 0 Å². The van der Waals surface area contributed by atoms with E-state index in [0.717, 1.165) is 19.0 Å². The van der Waals surface area contributed by atoms with Crippen LogP contribution in [0.3, 0.4) is 0 Å². The number of hydrogen-bond acceptors (Lipinski definition) is 2. The van der Waals surface area contributed by atoms with Gasteiger partial charge in [0.1, 0.15) is 11.6 Å². The number of fused-ring (bicyclic) bond motifs is 1. The largest absolute Gasteiger partial charge is 0.408 e. The molecule has 0 unspecified atom stereocenters. The lowest BCUT2D eigenvalue weighted by atomic mass is 10.2. The molecule has 2 aliphatic carbocycles. The Labute approximate surface area is 105 Å². The number of amides is 1. The van der Waals surface area contributed by atoms with E-state index in [4.69, 9.17) is 11.6 Å². The Morgan fingerprint density at radius 1 is 1.61 bits per heavy atom. The molecule has 0 aliphatic heterocycles. The van der Waals surface area contributed by atoms with Gasteiger partial charge in [-0.05, 0) is 18.8 Å². The molecule has 2 aliphatic rings. The van der Waals surface area contributed by atoms with Gasteiger partial charge in [0.2, 0.25) is 5.91 Å². The molecule has 98 valence electrons. The lowest BCUT2D eigenvalue weighted by molar-refractivity contribution is -0.142. The maximum Gasteiger partial charge on any atom is 0.408 e. The van der Waals surface area contributed by atoms with E-state index in [-0.39, 0.29) is 22.2 Å². The Bertz CT molecular complexity index is 519. The van der Waals surface area contributed by atoms with Gasteiger partial charge in [-0.15, -0.1) is 0 Å². The van der Waals surface area contributed by atoms with Crippen LogP contribution >= 0.6 is 11.6 Å². The second-order valence-electron chi connectivity index (χ2n) is 4.85. The van der Waals surface area contributed by atoms with Crippen LogP contribution in [0.4, 0.5) is 19.0 Å². The monoisotopic (exact) mass is 279 g/mol. The first-order chi connectivity index (χ1) is 8.30. The quantitative estimate of drug-likeness (QED) is 0.924. The number of rotatable bonds is 3. The minimum absolute atomic E-state index is 0.00200. The predicted molar refractivity (Wildman–Crippen MR) is 57.1 cm³/mol. The summed E-state index contributed by atoms with van der Waals surface area (Å²) < 4.78 is 37.2. The highest BCUT2D eigenvalue weighted by Crippen LogP contribution is 2.75. The first-order valence-corrected chi connectivity index (χ1v) is 5.79. The van der Waals surface area contributed by atoms with E-state index in [1.807, 2.05) is 0 Å². The lowest BCUT2D eigenvalue weighted by Gasteiger charge is -2.06. The zero-order chi connectivity index (χ0) is 13.1. The summed E-state index contributed by atoms with van der Waals surface area (Å²) in [4.78, 5) is 11.7. The standard InChI is InChI=1S/C10H9ClF3N3O/c11-6-3-17(4-10(12,13)14)16-7(6)15-8(18)9-1-5(9)2-9/h3,5H,1-2,4H2,(H,15,16,18). The minimum Gasteiger partial charge on any atom is -0.307 e. The average molecular weight is 280 g/mol. The molecule has 8 heteroatoms. The number of aromatic nitrogens is 2. The number of hydrogen-bond donors (Lipinski definition) is 1. The number of nitrogens with zero attached hydrogens (tertiary/aromatic N) is 2. The summed E-state index contributed by atoms with van der Waals surface area (Å²) in [5.74, 6) is 0.262. The number of anilines is 1. The summed E-state index contributed by atoms with van der Waals surface area (Å²) in [7, 11) is 0. The fourth-order valence-electron chi connectivity index (χ4n) is 2.05. The van der Waals surface area contributed by atoms with E-state index < -0.39 is 12.7 Å². The summed E-state index contributed by atoms with van der Waals surface area (Å²) in [5, 5.41) is 6.13. The van der Waals surface area contributed by atoms with Gasteiger partial charge in [0.05, 0.1) is 5.41 Å². The smallest absolute Gasteiger partial charge is 0.307 e. The van der Waals surface area contributed by atoms with Gasteiger partial charge < -0.3 is 5.32 Å². The zero-order valence-electron chi connectivity index (χ0n) is 9.09. The Morgan fingerprint density at radius 2 is 2.22 bits per heavy atom. The Hall–Kier alpha value is -1.24. The van der Waals surface area contributed by atoms with Gasteiger partial charge in [-0.2, -0.15) is 18.3 Å². The molecule has 18 heavy (non-hydrogen) atoms. The highest BCUT2D eigenvalue weighted by Gasteiger charge is 2.74. The van der Waals surface area contributed by atoms with Crippen molar-refractivity contribution in [3.63, 3.8) is 0 Å². The normalized spacial score (nSPS) is 28.8. The van der Waals surface area contributed by atoms with Crippen LogP contribution in [0.15, 0.2) is 6.20 Å². The number of alkyl halides is 3. The summed E-state index contributed by atoms with van der Waals surface area (Å²) in [6.45, 7) is -1.23. The van der Waals surface area contributed by atoms with Gasteiger partial charge in [0, 0.05) is 6.20 Å². The topological polar surface area (TPSA) is 46.9 Å². The molecule has 0 radical (unpaired) electrons. The van der Waals surface area contributed by atoms with Crippen LogP contribution in [-0.2, 0) is 11.3 Å². The number of carbonyl (C=O) groups excluding carboxylic acids is 1. The fourth-order valence-corrected chi connectivity index (χ4v) is 2.25. The molecular formula is C10H9ClF3N3O. The number of halogens is 4. The van der Waals surface area contributed by atoms with Crippen LogP contribution in [0.25, 0.3) is 0 Å². The van der Waals surface area contributed by atoms with Crippen LogP contribution in [0, 0.1) is 11.3 Å². The van der Waals surface area contributed by atoms with E-state index in [0.29, 0.717) is 10.6 Å². The lowest BCUT2D eigenvalue weighted by Crippen LogP contribution is -2.20. The van der Waals surface area contributed by atoms with Crippen molar-refractivity contribution < 1.29 is 18.0 Å². The Balaban J connectivity index is 1.70. The third-order valence-electron chi connectivity index (χ3n) is 3.42. The first kappa shape index (κ1) is 11.8. The molecule has 0 aromatic carbocycles. The van der Waals surface area contributed by atoms with E-state index in [2.05, 4.69) is 10.4 Å². The molecule has 0 atom stereocenters. The highest BCUT2D eigenvalue weighted by atomic mass is 35.5. The van der Waals surface area contributed by atoms with Gasteiger partial charge in [0.15, 0.2) is 5.82 Å². The fraction of sp³-hybridized carbons (Fsp3) is 0.600. The molecule has 2 fully saturated rings. The van der Waals surface area contributed by atoms with Crippen molar-refractivity contribution >= 4 is 23.3 Å². The molecule has 1 aromatic heterocycles.